The van der Waals surface area contributed by atoms with Crippen LogP contribution >= 0.6 is 0 Å². The number of hydrogen-bond acceptors (Lipinski definition) is 3. The molecule has 17 heavy (non-hydrogen) atoms. The molecule has 0 spiro atoms. The molecule has 1 rings (SSSR count). The van der Waals surface area contributed by atoms with Crippen molar-refractivity contribution < 1.29 is 4.74 Å². The smallest absolute Gasteiger partial charge is 0.119 e. The van der Waals surface area contributed by atoms with Crippen LogP contribution in [0.1, 0.15) is 27.2 Å². The maximum atomic E-state index is 5.13. The molecule has 0 bridgehead atoms. The molecule has 0 saturated carbocycles. The standard InChI is InChI=1S/C14H24N2O/c1-11(10-14(2,3)15-4)16-12-6-8-13(17-5)9-7-12/h6-9,11,15-16H,10H2,1-5H3. The van der Waals surface area contributed by atoms with Gasteiger partial charge in [-0.2, -0.15) is 0 Å². The summed E-state index contributed by atoms with van der Waals surface area (Å²) in [7, 11) is 3.68. The van der Waals surface area contributed by atoms with Crippen LogP contribution in [0.15, 0.2) is 24.3 Å². The number of nitrogens with one attached hydrogen (secondary N) is 2. The van der Waals surface area contributed by atoms with Crippen LogP contribution in [0.4, 0.5) is 5.69 Å². The van der Waals surface area contributed by atoms with Gasteiger partial charge in [0.05, 0.1) is 7.11 Å². The van der Waals surface area contributed by atoms with Gasteiger partial charge in [-0.3, -0.25) is 0 Å². The Kier molecular flexibility index (Phi) is 4.82. The molecular formula is C14H24N2O. The van der Waals surface area contributed by atoms with Crippen LogP contribution in [-0.2, 0) is 0 Å². The minimum absolute atomic E-state index is 0.152. The second-order valence-electron chi connectivity index (χ2n) is 5.11. The van der Waals surface area contributed by atoms with Crippen molar-refractivity contribution in [1.29, 1.82) is 0 Å². The molecule has 1 aromatic carbocycles. The third-order valence-electron chi connectivity index (χ3n) is 3.00. The van der Waals surface area contributed by atoms with Crippen LogP contribution in [0.5, 0.6) is 5.75 Å². The van der Waals surface area contributed by atoms with E-state index in [4.69, 9.17) is 4.74 Å². The molecule has 0 fully saturated rings. The topological polar surface area (TPSA) is 33.3 Å². The van der Waals surface area contributed by atoms with E-state index in [0.29, 0.717) is 6.04 Å². The van der Waals surface area contributed by atoms with Crippen LogP contribution in [-0.4, -0.2) is 25.7 Å². The number of rotatable bonds is 6. The van der Waals surface area contributed by atoms with Gasteiger partial charge in [0.25, 0.3) is 0 Å². The molecule has 0 heterocycles. The number of benzene rings is 1. The van der Waals surface area contributed by atoms with Gasteiger partial charge in [0.15, 0.2) is 0 Å². The van der Waals surface area contributed by atoms with Crippen LogP contribution in [0.3, 0.4) is 0 Å². The number of ether oxygens (including phenoxy) is 1. The van der Waals surface area contributed by atoms with Crippen molar-refractivity contribution in [2.75, 3.05) is 19.5 Å². The molecule has 2 N–H and O–H groups in total. The molecule has 0 aliphatic carbocycles. The molecule has 1 aromatic rings. The zero-order valence-electron chi connectivity index (χ0n) is 11.5. The van der Waals surface area contributed by atoms with Gasteiger partial charge in [-0.25, -0.2) is 0 Å². The first kappa shape index (κ1) is 13.8. The number of methoxy groups -OCH3 is 1. The first-order chi connectivity index (χ1) is 7.96. The Morgan fingerprint density at radius 1 is 1.24 bits per heavy atom. The third kappa shape index (κ3) is 4.65. The maximum absolute atomic E-state index is 5.13. The lowest BCUT2D eigenvalue weighted by Gasteiger charge is -2.28. The van der Waals surface area contributed by atoms with E-state index in [0.717, 1.165) is 17.9 Å². The lowest BCUT2D eigenvalue weighted by atomic mass is 9.96. The highest BCUT2D eigenvalue weighted by atomic mass is 16.5. The molecule has 1 unspecified atom stereocenters. The highest BCUT2D eigenvalue weighted by Crippen LogP contribution is 2.18. The van der Waals surface area contributed by atoms with E-state index in [2.05, 4.69) is 31.4 Å². The van der Waals surface area contributed by atoms with E-state index in [-0.39, 0.29) is 5.54 Å². The molecule has 3 nitrogen and oxygen atoms in total. The Morgan fingerprint density at radius 3 is 2.29 bits per heavy atom. The fraction of sp³-hybridized carbons (Fsp3) is 0.571. The van der Waals surface area contributed by atoms with Crippen molar-refractivity contribution in [3.63, 3.8) is 0 Å². The Hall–Kier alpha value is -1.22. The second kappa shape index (κ2) is 5.92. The van der Waals surface area contributed by atoms with Gasteiger partial charge in [0.1, 0.15) is 5.75 Å². The predicted octanol–water partition coefficient (Wildman–Crippen LogP) is 2.88. The van der Waals surface area contributed by atoms with E-state index in [1.807, 2.05) is 31.3 Å². The van der Waals surface area contributed by atoms with Crippen LogP contribution < -0.4 is 15.4 Å². The molecule has 0 saturated heterocycles. The van der Waals surface area contributed by atoms with Gasteiger partial charge in [0, 0.05) is 17.3 Å². The Labute approximate surface area is 105 Å². The van der Waals surface area contributed by atoms with E-state index in [1.165, 1.54) is 0 Å². The van der Waals surface area contributed by atoms with Gasteiger partial charge < -0.3 is 15.4 Å². The minimum Gasteiger partial charge on any atom is -0.497 e. The monoisotopic (exact) mass is 236 g/mol. The first-order valence-electron chi connectivity index (χ1n) is 6.06. The molecular weight excluding hydrogens is 212 g/mol. The Balaban J connectivity index is 2.52. The summed E-state index contributed by atoms with van der Waals surface area (Å²) in [5, 5.41) is 6.80. The van der Waals surface area contributed by atoms with Gasteiger partial charge in [-0.1, -0.05) is 0 Å². The zero-order chi connectivity index (χ0) is 12.9. The average molecular weight is 236 g/mol. The summed E-state index contributed by atoms with van der Waals surface area (Å²) < 4.78 is 5.13. The molecule has 0 radical (unpaired) electrons. The molecule has 1 atom stereocenters. The van der Waals surface area contributed by atoms with Crippen molar-refractivity contribution in [3.05, 3.63) is 24.3 Å². The van der Waals surface area contributed by atoms with Crippen molar-refractivity contribution in [3.8, 4) is 5.75 Å². The Morgan fingerprint density at radius 2 is 1.82 bits per heavy atom. The molecule has 0 aliphatic heterocycles. The van der Waals surface area contributed by atoms with Crippen molar-refractivity contribution in [1.82, 2.24) is 5.32 Å². The average Bonchev–Trinajstić information content (AvgIpc) is 2.29. The highest BCUT2D eigenvalue weighted by Gasteiger charge is 2.18. The summed E-state index contributed by atoms with van der Waals surface area (Å²) in [5.74, 6) is 0.888. The van der Waals surface area contributed by atoms with Gasteiger partial charge in [-0.15, -0.1) is 0 Å². The summed E-state index contributed by atoms with van der Waals surface area (Å²) in [6, 6.07) is 8.45. The molecule has 96 valence electrons. The largest absolute Gasteiger partial charge is 0.497 e. The summed E-state index contributed by atoms with van der Waals surface area (Å²) in [6.45, 7) is 6.61. The van der Waals surface area contributed by atoms with Gasteiger partial charge in [0.2, 0.25) is 0 Å². The van der Waals surface area contributed by atoms with Crippen LogP contribution in [0.25, 0.3) is 0 Å². The van der Waals surface area contributed by atoms with E-state index >= 15 is 0 Å². The lowest BCUT2D eigenvalue weighted by molar-refractivity contribution is 0.375. The van der Waals surface area contributed by atoms with Crippen LogP contribution in [0.2, 0.25) is 0 Å². The maximum Gasteiger partial charge on any atom is 0.119 e. The van der Waals surface area contributed by atoms with E-state index in [9.17, 15) is 0 Å². The summed E-state index contributed by atoms with van der Waals surface area (Å²) in [4.78, 5) is 0. The highest BCUT2D eigenvalue weighted by molar-refractivity contribution is 5.46. The fourth-order valence-corrected chi connectivity index (χ4v) is 1.89. The molecule has 0 aliphatic rings. The fourth-order valence-electron chi connectivity index (χ4n) is 1.89. The molecule has 3 heteroatoms. The first-order valence-corrected chi connectivity index (χ1v) is 6.06. The normalized spacial score (nSPS) is 13.2. The second-order valence-corrected chi connectivity index (χ2v) is 5.11. The summed E-state index contributed by atoms with van der Waals surface area (Å²) in [6.07, 6.45) is 1.07. The van der Waals surface area contributed by atoms with Crippen LogP contribution in [0, 0.1) is 0 Å². The van der Waals surface area contributed by atoms with E-state index < -0.39 is 0 Å². The molecule has 0 amide bonds. The predicted molar refractivity (Wildman–Crippen MR) is 73.8 cm³/mol. The number of anilines is 1. The van der Waals surface area contributed by atoms with Crippen molar-refractivity contribution >= 4 is 5.69 Å². The third-order valence-corrected chi connectivity index (χ3v) is 3.00. The van der Waals surface area contributed by atoms with E-state index in [1.54, 1.807) is 7.11 Å². The quantitative estimate of drug-likeness (QED) is 0.797. The number of hydrogen-bond donors (Lipinski definition) is 2. The lowest BCUT2D eigenvalue weighted by Crippen LogP contribution is -2.40. The molecule has 0 aromatic heterocycles. The zero-order valence-corrected chi connectivity index (χ0v) is 11.5. The Bertz CT molecular complexity index is 333. The van der Waals surface area contributed by atoms with Crippen molar-refractivity contribution in [2.45, 2.75) is 38.8 Å². The van der Waals surface area contributed by atoms with Crippen molar-refractivity contribution in [2.24, 2.45) is 0 Å². The van der Waals surface area contributed by atoms with Gasteiger partial charge >= 0.3 is 0 Å². The summed E-state index contributed by atoms with van der Waals surface area (Å²) in [5.41, 5.74) is 1.28. The minimum atomic E-state index is 0.152. The SMILES string of the molecule is CNC(C)(C)CC(C)Nc1ccc(OC)cc1. The summed E-state index contributed by atoms with van der Waals surface area (Å²) >= 11 is 0. The van der Waals surface area contributed by atoms with Gasteiger partial charge in [-0.05, 0) is 58.5 Å².